The molecule has 0 aliphatic rings. The Balaban J connectivity index is 2.25. The van der Waals surface area contributed by atoms with Gasteiger partial charge >= 0.3 is 0 Å². The topological polar surface area (TPSA) is 38.9 Å². The largest absolute Gasteiger partial charge is 0.323 e. The molecule has 19 heavy (non-hydrogen) atoms. The number of nitrogens with zero attached hydrogens (tertiary/aromatic N) is 1. The molecule has 0 saturated heterocycles. The first-order valence-corrected chi connectivity index (χ1v) is 7.61. The van der Waals surface area contributed by atoms with Gasteiger partial charge in [0.15, 0.2) is 0 Å². The Kier molecular flexibility index (Phi) is 4.38. The first kappa shape index (κ1) is 14.2. The summed E-state index contributed by atoms with van der Waals surface area (Å²) in [7, 11) is 0. The Labute approximate surface area is 119 Å². The molecule has 2 N–H and O–H groups in total. The van der Waals surface area contributed by atoms with E-state index in [1.807, 2.05) is 13.8 Å². The van der Waals surface area contributed by atoms with Gasteiger partial charge in [0.05, 0.1) is 5.69 Å². The van der Waals surface area contributed by atoms with Crippen LogP contribution >= 0.6 is 11.3 Å². The van der Waals surface area contributed by atoms with Crippen molar-refractivity contribution in [1.29, 1.82) is 0 Å². The maximum atomic E-state index is 5.96. The number of hydrogen-bond acceptors (Lipinski definition) is 3. The maximum Gasteiger partial charge on any atom is 0.123 e. The number of hydrogen-bond donors (Lipinski definition) is 1. The third-order valence-electron chi connectivity index (χ3n) is 3.09. The lowest BCUT2D eigenvalue weighted by atomic mass is 10.0. The molecule has 3 heteroatoms. The number of aryl methyl sites for hydroxylation is 1. The summed E-state index contributed by atoms with van der Waals surface area (Å²) in [5.74, 6) is 0.692. The second kappa shape index (κ2) is 5.85. The van der Waals surface area contributed by atoms with E-state index >= 15 is 0 Å². The van der Waals surface area contributed by atoms with Gasteiger partial charge in [0.1, 0.15) is 5.01 Å². The molecule has 2 rings (SSSR count). The van der Waals surface area contributed by atoms with Crippen LogP contribution in [-0.4, -0.2) is 4.98 Å². The van der Waals surface area contributed by atoms with Crippen molar-refractivity contribution in [2.24, 2.45) is 11.7 Å². The van der Waals surface area contributed by atoms with Crippen molar-refractivity contribution < 1.29 is 0 Å². The Morgan fingerprint density at radius 1 is 1.16 bits per heavy atom. The normalized spacial score (nSPS) is 12.9. The van der Waals surface area contributed by atoms with Gasteiger partial charge in [0, 0.05) is 16.5 Å². The van der Waals surface area contributed by atoms with E-state index in [-0.39, 0.29) is 6.04 Å². The van der Waals surface area contributed by atoms with E-state index in [0.29, 0.717) is 5.92 Å². The summed E-state index contributed by atoms with van der Waals surface area (Å²) in [5.41, 5.74) is 9.59. The van der Waals surface area contributed by atoms with Gasteiger partial charge in [-0.05, 0) is 31.7 Å². The average Bonchev–Trinajstić information content (AvgIpc) is 2.71. The van der Waals surface area contributed by atoms with Crippen LogP contribution in [0.4, 0.5) is 0 Å². The van der Waals surface area contributed by atoms with Crippen molar-refractivity contribution in [2.75, 3.05) is 0 Å². The SMILES string of the molecule is Cc1nc(-c2ccc(CC(C)C)cc2)sc1C(C)N. The van der Waals surface area contributed by atoms with Crippen molar-refractivity contribution in [2.45, 2.75) is 40.2 Å². The van der Waals surface area contributed by atoms with Crippen LogP contribution in [-0.2, 0) is 6.42 Å². The van der Waals surface area contributed by atoms with Crippen LogP contribution in [0.15, 0.2) is 24.3 Å². The molecule has 1 unspecified atom stereocenters. The molecule has 0 fully saturated rings. The Morgan fingerprint density at radius 2 is 1.79 bits per heavy atom. The van der Waals surface area contributed by atoms with Crippen LogP contribution in [0, 0.1) is 12.8 Å². The van der Waals surface area contributed by atoms with E-state index < -0.39 is 0 Å². The average molecular weight is 274 g/mol. The van der Waals surface area contributed by atoms with Gasteiger partial charge in [0.25, 0.3) is 0 Å². The first-order valence-electron chi connectivity index (χ1n) is 6.79. The van der Waals surface area contributed by atoms with E-state index in [0.717, 1.165) is 17.1 Å². The minimum atomic E-state index is 0.0615. The smallest absolute Gasteiger partial charge is 0.123 e. The first-order chi connectivity index (χ1) is 8.97. The molecule has 0 amide bonds. The highest BCUT2D eigenvalue weighted by Crippen LogP contribution is 2.31. The number of thiazole rings is 1. The molecule has 1 heterocycles. The van der Waals surface area contributed by atoms with Crippen molar-refractivity contribution in [3.63, 3.8) is 0 Å². The summed E-state index contributed by atoms with van der Waals surface area (Å²) < 4.78 is 0. The third kappa shape index (κ3) is 3.43. The van der Waals surface area contributed by atoms with E-state index in [1.54, 1.807) is 11.3 Å². The lowest BCUT2D eigenvalue weighted by Crippen LogP contribution is -2.03. The van der Waals surface area contributed by atoms with Crippen LogP contribution in [0.25, 0.3) is 10.6 Å². The lowest BCUT2D eigenvalue weighted by molar-refractivity contribution is 0.647. The van der Waals surface area contributed by atoms with E-state index in [4.69, 9.17) is 5.73 Å². The quantitative estimate of drug-likeness (QED) is 0.901. The van der Waals surface area contributed by atoms with Gasteiger partial charge in [-0.1, -0.05) is 38.1 Å². The minimum absolute atomic E-state index is 0.0615. The molecule has 0 bridgehead atoms. The summed E-state index contributed by atoms with van der Waals surface area (Å²) >= 11 is 1.70. The molecular weight excluding hydrogens is 252 g/mol. The standard InChI is InChI=1S/C16H22N2S/c1-10(2)9-13-5-7-14(8-6-13)16-18-12(4)15(19-16)11(3)17/h5-8,10-11H,9,17H2,1-4H3. The van der Waals surface area contributed by atoms with Crippen molar-refractivity contribution in [1.82, 2.24) is 4.98 Å². The fourth-order valence-electron chi connectivity index (χ4n) is 2.21. The Hall–Kier alpha value is -1.19. The number of rotatable bonds is 4. The van der Waals surface area contributed by atoms with Crippen LogP contribution < -0.4 is 5.73 Å². The molecule has 102 valence electrons. The summed E-state index contributed by atoms with van der Waals surface area (Å²) in [6.45, 7) is 8.53. The van der Waals surface area contributed by atoms with Gasteiger partial charge in [-0.15, -0.1) is 11.3 Å². The second-order valence-corrected chi connectivity index (χ2v) is 6.58. The summed E-state index contributed by atoms with van der Waals surface area (Å²) in [6.07, 6.45) is 1.13. The van der Waals surface area contributed by atoms with Crippen molar-refractivity contribution in [3.8, 4) is 10.6 Å². The van der Waals surface area contributed by atoms with E-state index in [2.05, 4.69) is 43.1 Å². The number of benzene rings is 1. The zero-order chi connectivity index (χ0) is 14.0. The van der Waals surface area contributed by atoms with Crippen LogP contribution in [0.3, 0.4) is 0 Å². The molecule has 0 aliphatic heterocycles. The van der Waals surface area contributed by atoms with Gasteiger partial charge in [-0.3, -0.25) is 0 Å². The summed E-state index contributed by atoms with van der Waals surface area (Å²) in [4.78, 5) is 5.81. The monoisotopic (exact) mass is 274 g/mol. The van der Waals surface area contributed by atoms with Crippen molar-refractivity contribution in [3.05, 3.63) is 40.4 Å². The highest BCUT2D eigenvalue weighted by Gasteiger charge is 2.12. The molecule has 0 radical (unpaired) electrons. The minimum Gasteiger partial charge on any atom is -0.323 e. The molecule has 2 nitrogen and oxygen atoms in total. The predicted octanol–water partition coefficient (Wildman–Crippen LogP) is 4.34. The van der Waals surface area contributed by atoms with Gasteiger partial charge in [0.2, 0.25) is 0 Å². The molecule has 1 aromatic heterocycles. The molecular formula is C16H22N2S. The van der Waals surface area contributed by atoms with Gasteiger partial charge < -0.3 is 5.73 Å². The second-order valence-electron chi connectivity index (χ2n) is 5.55. The molecule has 0 aliphatic carbocycles. The molecule has 0 saturated carbocycles. The molecule has 1 aromatic carbocycles. The third-order valence-corrected chi connectivity index (χ3v) is 4.50. The van der Waals surface area contributed by atoms with Crippen LogP contribution in [0.1, 0.15) is 42.9 Å². The fourth-order valence-corrected chi connectivity index (χ4v) is 3.23. The molecule has 2 aromatic rings. The zero-order valence-corrected chi connectivity index (χ0v) is 12.9. The van der Waals surface area contributed by atoms with E-state index in [1.165, 1.54) is 16.0 Å². The number of nitrogens with two attached hydrogens (primary N) is 1. The Morgan fingerprint density at radius 3 is 2.26 bits per heavy atom. The fraction of sp³-hybridized carbons (Fsp3) is 0.438. The van der Waals surface area contributed by atoms with E-state index in [9.17, 15) is 0 Å². The molecule has 0 spiro atoms. The maximum absolute atomic E-state index is 5.96. The summed E-state index contributed by atoms with van der Waals surface area (Å²) in [5, 5.41) is 1.07. The van der Waals surface area contributed by atoms with Gasteiger partial charge in [-0.2, -0.15) is 0 Å². The number of aromatic nitrogens is 1. The zero-order valence-electron chi connectivity index (χ0n) is 12.1. The van der Waals surface area contributed by atoms with Crippen LogP contribution in [0.5, 0.6) is 0 Å². The molecule has 1 atom stereocenters. The lowest BCUT2D eigenvalue weighted by Gasteiger charge is -2.05. The summed E-state index contributed by atoms with van der Waals surface area (Å²) in [6, 6.07) is 8.81. The Bertz CT molecular complexity index is 538. The van der Waals surface area contributed by atoms with Crippen LogP contribution in [0.2, 0.25) is 0 Å². The van der Waals surface area contributed by atoms with Gasteiger partial charge in [-0.25, -0.2) is 4.98 Å². The highest BCUT2D eigenvalue weighted by atomic mass is 32.1. The van der Waals surface area contributed by atoms with Crippen molar-refractivity contribution >= 4 is 11.3 Å². The highest BCUT2D eigenvalue weighted by molar-refractivity contribution is 7.15. The predicted molar refractivity (Wildman–Crippen MR) is 83.4 cm³/mol.